The van der Waals surface area contributed by atoms with Crippen LogP contribution in [0, 0.1) is 6.92 Å². The first-order chi connectivity index (χ1) is 10.2. The molecule has 0 bridgehead atoms. The van der Waals surface area contributed by atoms with Gasteiger partial charge in [0.2, 0.25) is 0 Å². The lowest BCUT2D eigenvalue weighted by Gasteiger charge is -2.26. The minimum atomic E-state index is 1.17. The monoisotopic (exact) mass is 271 g/mol. The summed E-state index contributed by atoms with van der Waals surface area (Å²) in [7, 11) is 2.13. The van der Waals surface area contributed by atoms with Crippen LogP contribution in [0.5, 0.6) is 0 Å². The van der Waals surface area contributed by atoms with Crippen molar-refractivity contribution in [2.45, 2.75) is 6.92 Å². The van der Waals surface area contributed by atoms with Crippen LogP contribution in [0.4, 0.5) is 17.1 Å². The van der Waals surface area contributed by atoms with Gasteiger partial charge in [-0.3, -0.25) is 0 Å². The number of rotatable bonds is 3. The van der Waals surface area contributed by atoms with Crippen molar-refractivity contribution in [1.82, 2.24) is 0 Å². The highest BCUT2D eigenvalue weighted by Gasteiger charge is 2.11. The summed E-state index contributed by atoms with van der Waals surface area (Å²) >= 11 is 0. The molecule has 0 heterocycles. The fraction of sp³-hybridized carbons (Fsp3) is 0.0526. The Bertz CT molecular complexity index is 692. The van der Waals surface area contributed by atoms with Crippen LogP contribution in [0.2, 0.25) is 0 Å². The van der Waals surface area contributed by atoms with E-state index in [-0.39, 0.29) is 0 Å². The minimum Gasteiger partial charge on any atom is -0.311 e. The number of para-hydroxylation sites is 1. The Morgan fingerprint density at radius 3 is 1.95 bits per heavy atom. The fourth-order valence-electron chi connectivity index (χ4n) is 2.56. The van der Waals surface area contributed by atoms with E-state index in [0.717, 1.165) is 0 Å². The molecular weight excluding hydrogens is 253 g/mol. The predicted molar refractivity (Wildman–Crippen MR) is 94.0 cm³/mol. The Hall–Kier alpha value is -2.48. The molecule has 0 aliphatic rings. The third kappa shape index (κ3) is 3.00. The molecule has 3 aromatic rings. The van der Waals surface area contributed by atoms with Gasteiger partial charge in [0.05, 0.1) is 0 Å². The molecule has 0 saturated carbocycles. The second-order valence-corrected chi connectivity index (χ2v) is 5.35. The largest absolute Gasteiger partial charge is 0.311 e. The Kier molecular flexibility index (Phi) is 3.78. The van der Waals surface area contributed by atoms with E-state index in [1.165, 1.54) is 28.1 Å². The van der Waals surface area contributed by atoms with Crippen molar-refractivity contribution in [2.75, 3.05) is 4.90 Å². The summed E-state index contributed by atoms with van der Waals surface area (Å²) in [6.07, 6.45) is 0. The van der Waals surface area contributed by atoms with E-state index in [4.69, 9.17) is 0 Å². The van der Waals surface area contributed by atoms with Crippen LogP contribution in [-0.2, 0) is 0 Å². The molecule has 2 heteroatoms. The van der Waals surface area contributed by atoms with Gasteiger partial charge >= 0.3 is 0 Å². The topological polar surface area (TPSA) is 3.24 Å². The first-order valence-electron chi connectivity index (χ1n) is 7.22. The lowest BCUT2D eigenvalue weighted by molar-refractivity contribution is 1.27. The first kappa shape index (κ1) is 13.5. The first-order valence-corrected chi connectivity index (χ1v) is 7.22. The van der Waals surface area contributed by atoms with Crippen LogP contribution in [0.3, 0.4) is 0 Å². The maximum Gasteiger partial charge on any atom is 0.139 e. The van der Waals surface area contributed by atoms with Gasteiger partial charge in [-0.2, -0.15) is 0 Å². The van der Waals surface area contributed by atoms with Gasteiger partial charge in [0.1, 0.15) is 7.85 Å². The van der Waals surface area contributed by atoms with Gasteiger partial charge in [-0.25, -0.2) is 0 Å². The van der Waals surface area contributed by atoms with E-state index in [2.05, 4.69) is 92.5 Å². The van der Waals surface area contributed by atoms with Gasteiger partial charge in [0, 0.05) is 17.1 Å². The molecule has 0 atom stereocenters. The normalized spacial score (nSPS) is 10.3. The van der Waals surface area contributed by atoms with Crippen molar-refractivity contribution >= 4 is 30.4 Å². The molecule has 0 N–H and O–H groups in total. The van der Waals surface area contributed by atoms with Crippen molar-refractivity contribution in [3.05, 3.63) is 84.4 Å². The molecule has 0 spiro atoms. The number of anilines is 3. The highest BCUT2D eigenvalue weighted by Crippen LogP contribution is 2.33. The number of hydrogen-bond acceptors (Lipinski definition) is 1. The average molecular weight is 271 g/mol. The van der Waals surface area contributed by atoms with Crippen LogP contribution in [0.1, 0.15) is 5.56 Å². The molecule has 0 amide bonds. The minimum absolute atomic E-state index is 1.17. The summed E-state index contributed by atoms with van der Waals surface area (Å²) in [4.78, 5) is 2.29. The summed E-state index contributed by atoms with van der Waals surface area (Å²) in [6.45, 7) is 2.13. The van der Waals surface area contributed by atoms with Crippen LogP contribution >= 0.6 is 0 Å². The standard InChI is InChI=1S/C19H18BN/c1-15-7-5-11-18(13-15)21(17-9-3-2-4-10-17)19-12-6-8-16(20)14-19/h2-14H,20H2,1H3. The molecule has 0 unspecified atom stereocenters. The number of benzene rings is 3. The van der Waals surface area contributed by atoms with Gasteiger partial charge < -0.3 is 4.90 Å². The number of aryl methyl sites for hydroxylation is 1. The maximum absolute atomic E-state index is 2.29. The predicted octanol–water partition coefficient (Wildman–Crippen LogP) is 3.72. The van der Waals surface area contributed by atoms with E-state index in [1.54, 1.807) is 0 Å². The number of hydrogen-bond donors (Lipinski definition) is 0. The zero-order chi connectivity index (χ0) is 14.7. The van der Waals surface area contributed by atoms with Crippen molar-refractivity contribution < 1.29 is 0 Å². The van der Waals surface area contributed by atoms with Crippen molar-refractivity contribution in [2.24, 2.45) is 0 Å². The van der Waals surface area contributed by atoms with Crippen LogP contribution < -0.4 is 10.4 Å². The third-order valence-electron chi connectivity index (χ3n) is 3.53. The Morgan fingerprint density at radius 1 is 0.667 bits per heavy atom. The van der Waals surface area contributed by atoms with Crippen molar-refractivity contribution in [1.29, 1.82) is 0 Å². The molecule has 0 aliphatic carbocycles. The van der Waals surface area contributed by atoms with Crippen LogP contribution in [0.15, 0.2) is 78.9 Å². The third-order valence-corrected chi connectivity index (χ3v) is 3.53. The molecule has 0 radical (unpaired) electrons. The van der Waals surface area contributed by atoms with Crippen molar-refractivity contribution in [3.63, 3.8) is 0 Å². The molecule has 3 aromatic carbocycles. The zero-order valence-electron chi connectivity index (χ0n) is 12.5. The molecule has 0 fully saturated rings. The lowest BCUT2D eigenvalue weighted by Crippen LogP contribution is -2.12. The fourth-order valence-corrected chi connectivity index (χ4v) is 2.56. The van der Waals surface area contributed by atoms with E-state index in [0.29, 0.717) is 0 Å². The molecule has 0 aliphatic heterocycles. The summed E-state index contributed by atoms with van der Waals surface area (Å²) in [5, 5.41) is 0. The molecular formula is C19H18BN. The van der Waals surface area contributed by atoms with Gasteiger partial charge in [-0.1, -0.05) is 47.9 Å². The smallest absolute Gasteiger partial charge is 0.139 e. The second kappa shape index (κ2) is 5.88. The lowest BCUT2D eigenvalue weighted by atomic mass is 9.95. The average Bonchev–Trinajstić information content (AvgIpc) is 2.49. The van der Waals surface area contributed by atoms with Crippen LogP contribution in [-0.4, -0.2) is 7.85 Å². The van der Waals surface area contributed by atoms with E-state index in [1.807, 2.05) is 6.07 Å². The maximum atomic E-state index is 2.29. The molecule has 102 valence electrons. The quantitative estimate of drug-likeness (QED) is 0.656. The summed E-state index contributed by atoms with van der Waals surface area (Å²) in [6, 6.07) is 27.7. The molecule has 21 heavy (non-hydrogen) atoms. The SMILES string of the molecule is Bc1cccc(N(c2ccccc2)c2cccc(C)c2)c1. The van der Waals surface area contributed by atoms with Gasteiger partial charge in [0.15, 0.2) is 0 Å². The highest BCUT2D eigenvalue weighted by atomic mass is 15.1. The Morgan fingerprint density at radius 2 is 1.29 bits per heavy atom. The van der Waals surface area contributed by atoms with Gasteiger partial charge in [0.25, 0.3) is 0 Å². The Balaban J connectivity index is 2.16. The van der Waals surface area contributed by atoms with E-state index >= 15 is 0 Å². The van der Waals surface area contributed by atoms with Crippen LogP contribution in [0.25, 0.3) is 0 Å². The highest BCUT2D eigenvalue weighted by molar-refractivity contribution is 6.32. The summed E-state index contributed by atoms with van der Waals surface area (Å²) in [5.41, 5.74) is 6.08. The summed E-state index contributed by atoms with van der Waals surface area (Å²) in [5.74, 6) is 0. The van der Waals surface area contributed by atoms with E-state index in [9.17, 15) is 0 Å². The Labute approximate surface area is 127 Å². The van der Waals surface area contributed by atoms with E-state index < -0.39 is 0 Å². The second-order valence-electron chi connectivity index (χ2n) is 5.35. The zero-order valence-corrected chi connectivity index (χ0v) is 12.5. The van der Waals surface area contributed by atoms with Crippen molar-refractivity contribution in [3.8, 4) is 0 Å². The molecule has 0 aromatic heterocycles. The number of nitrogens with zero attached hydrogens (tertiary/aromatic N) is 1. The molecule has 1 nitrogen and oxygen atoms in total. The molecule has 3 rings (SSSR count). The van der Waals surface area contributed by atoms with Gasteiger partial charge in [-0.05, 0) is 48.9 Å². The van der Waals surface area contributed by atoms with Gasteiger partial charge in [-0.15, -0.1) is 0 Å². The summed E-state index contributed by atoms with van der Waals surface area (Å²) < 4.78 is 0. The molecule has 0 saturated heterocycles.